The molecule has 7 rings (SSSR count). The summed E-state index contributed by atoms with van der Waals surface area (Å²) in [4.78, 5) is 11.9. The van der Waals surface area contributed by atoms with Gasteiger partial charge in [-0.1, -0.05) is 66.7 Å². The average molecular weight is 498 g/mol. The van der Waals surface area contributed by atoms with Gasteiger partial charge in [-0.15, -0.1) is 10.2 Å². The molecule has 7 heteroatoms. The van der Waals surface area contributed by atoms with Crippen LogP contribution < -0.4 is 10.2 Å². The van der Waals surface area contributed by atoms with Crippen molar-refractivity contribution in [1.29, 1.82) is 0 Å². The lowest BCUT2D eigenvalue weighted by molar-refractivity contribution is 0.449. The second kappa shape index (κ2) is 9.68. The first kappa shape index (κ1) is 22.6. The van der Waals surface area contributed by atoms with Gasteiger partial charge in [0.2, 0.25) is 5.95 Å². The first-order chi connectivity index (χ1) is 18.8. The lowest BCUT2D eigenvalue weighted by Crippen LogP contribution is -2.52. The maximum atomic E-state index is 5.32. The van der Waals surface area contributed by atoms with Crippen molar-refractivity contribution in [2.24, 2.45) is 0 Å². The number of piperazine rings is 1. The Labute approximate surface area is 220 Å². The molecular weight excluding hydrogens is 470 g/mol. The molecule has 0 amide bonds. The molecule has 186 valence electrons. The van der Waals surface area contributed by atoms with Crippen LogP contribution >= 0.6 is 0 Å². The quantitative estimate of drug-likeness (QED) is 0.360. The summed E-state index contributed by atoms with van der Waals surface area (Å²) >= 11 is 0. The highest BCUT2D eigenvalue weighted by Crippen LogP contribution is 2.37. The van der Waals surface area contributed by atoms with Gasteiger partial charge in [0.05, 0.1) is 11.3 Å². The zero-order valence-corrected chi connectivity index (χ0v) is 20.9. The number of nitrogens with one attached hydrogen (secondary N) is 1. The van der Waals surface area contributed by atoms with E-state index in [1.54, 1.807) is 6.33 Å². The van der Waals surface area contributed by atoms with E-state index in [1.807, 2.05) is 28.9 Å². The molecule has 6 aromatic rings. The average Bonchev–Trinajstić information content (AvgIpc) is 3.47. The fourth-order valence-electron chi connectivity index (χ4n) is 5.46. The summed E-state index contributed by atoms with van der Waals surface area (Å²) in [6.45, 7) is 2.59. The van der Waals surface area contributed by atoms with Crippen LogP contribution in [-0.2, 0) is 6.42 Å². The maximum Gasteiger partial charge on any atom is 0.213 e. The Morgan fingerprint density at radius 2 is 1.66 bits per heavy atom. The highest BCUT2D eigenvalue weighted by molar-refractivity contribution is 5.95. The van der Waals surface area contributed by atoms with Crippen molar-refractivity contribution in [2.45, 2.75) is 12.5 Å². The van der Waals surface area contributed by atoms with Crippen LogP contribution in [0.2, 0.25) is 0 Å². The number of hydrogen-bond acceptors (Lipinski definition) is 6. The predicted molar refractivity (Wildman–Crippen MR) is 151 cm³/mol. The second-order valence-electron chi connectivity index (χ2n) is 9.74. The van der Waals surface area contributed by atoms with Crippen LogP contribution in [0.5, 0.6) is 0 Å². The molecule has 1 aliphatic heterocycles. The molecule has 1 saturated heterocycles. The van der Waals surface area contributed by atoms with Gasteiger partial charge in [0.15, 0.2) is 5.65 Å². The largest absolute Gasteiger partial charge is 0.339 e. The van der Waals surface area contributed by atoms with Crippen molar-refractivity contribution in [3.8, 4) is 22.4 Å². The fourth-order valence-corrected chi connectivity index (χ4v) is 5.46. The molecule has 0 radical (unpaired) electrons. The van der Waals surface area contributed by atoms with E-state index < -0.39 is 0 Å². The molecule has 0 saturated carbocycles. The van der Waals surface area contributed by atoms with Crippen molar-refractivity contribution >= 4 is 22.4 Å². The maximum absolute atomic E-state index is 5.32. The summed E-state index contributed by atoms with van der Waals surface area (Å²) in [5, 5.41) is 15.0. The molecule has 1 atom stereocenters. The molecule has 1 fully saturated rings. The summed E-state index contributed by atoms with van der Waals surface area (Å²) < 4.78 is 2.04. The van der Waals surface area contributed by atoms with Crippen LogP contribution in [-0.4, -0.2) is 50.2 Å². The van der Waals surface area contributed by atoms with E-state index >= 15 is 0 Å². The van der Waals surface area contributed by atoms with Gasteiger partial charge in [0.25, 0.3) is 0 Å². The summed E-state index contributed by atoms with van der Waals surface area (Å²) in [6.07, 6.45) is 6.38. The zero-order valence-electron chi connectivity index (χ0n) is 20.9. The topological polar surface area (TPSA) is 71.2 Å². The smallest absolute Gasteiger partial charge is 0.213 e. The number of rotatable bonds is 5. The summed E-state index contributed by atoms with van der Waals surface area (Å²) in [5.74, 6) is 0.862. The van der Waals surface area contributed by atoms with Crippen molar-refractivity contribution in [3.05, 3.63) is 109 Å². The molecule has 3 aromatic carbocycles. The van der Waals surface area contributed by atoms with Crippen molar-refractivity contribution in [3.63, 3.8) is 0 Å². The Morgan fingerprint density at radius 3 is 2.53 bits per heavy atom. The van der Waals surface area contributed by atoms with Crippen LogP contribution in [0.3, 0.4) is 0 Å². The Hall–Kier alpha value is -4.62. The molecule has 0 spiro atoms. The van der Waals surface area contributed by atoms with Gasteiger partial charge >= 0.3 is 0 Å². The van der Waals surface area contributed by atoms with Gasteiger partial charge in [-0.3, -0.25) is 9.38 Å². The molecular formula is C31H27N7. The molecule has 4 heterocycles. The number of hydrogen-bond donors (Lipinski definition) is 1. The molecule has 0 aliphatic carbocycles. The monoisotopic (exact) mass is 497 g/mol. The third kappa shape index (κ3) is 4.17. The third-order valence-electron chi connectivity index (χ3n) is 7.29. The Morgan fingerprint density at radius 1 is 0.842 bits per heavy atom. The normalized spacial score (nSPS) is 15.8. The number of aromatic nitrogens is 5. The van der Waals surface area contributed by atoms with Gasteiger partial charge in [-0.05, 0) is 46.5 Å². The summed E-state index contributed by atoms with van der Waals surface area (Å²) in [6, 6.07) is 29.9. The standard InChI is InChI=1S/C31H27N7/c1-2-6-22(7-3-1)18-27-20-37(17-16-33-27)31-35-29(24-12-14-32-15-13-24)28(30-36-34-21-38(30)31)26-11-10-23-8-4-5-9-25(23)19-26/h1-15,19,21,27,33H,16-18,20H2/t27-/m1/s1. The Bertz CT molecular complexity index is 1710. The van der Waals surface area contributed by atoms with Crippen LogP contribution in [0.4, 0.5) is 5.95 Å². The van der Waals surface area contributed by atoms with Gasteiger partial charge in [-0.2, -0.15) is 0 Å². The number of nitrogens with zero attached hydrogens (tertiary/aromatic N) is 6. The van der Waals surface area contributed by atoms with Crippen LogP contribution in [0.1, 0.15) is 5.56 Å². The van der Waals surface area contributed by atoms with Crippen LogP contribution in [0, 0.1) is 0 Å². The Kier molecular flexibility index (Phi) is 5.75. The summed E-state index contributed by atoms with van der Waals surface area (Å²) in [5.41, 5.74) is 6.06. The van der Waals surface area contributed by atoms with Gasteiger partial charge in [0, 0.05) is 43.6 Å². The molecule has 3 aromatic heterocycles. The number of anilines is 1. The lowest BCUT2D eigenvalue weighted by Gasteiger charge is -2.35. The minimum absolute atomic E-state index is 0.323. The van der Waals surface area contributed by atoms with E-state index in [0.29, 0.717) is 6.04 Å². The van der Waals surface area contributed by atoms with E-state index in [9.17, 15) is 0 Å². The van der Waals surface area contributed by atoms with Crippen LogP contribution in [0.15, 0.2) is 104 Å². The molecule has 7 nitrogen and oxygen atoms in total. The van der Waals surface area contributed by atoms with Crippen molar-refractivity contribution in [2.75, 3.05) is 24.5 Å². The third-order valence-corrected chi connectivity index (χ3v) is 7.29. The SMILES string of the molecule is c1ccc(C[C@@H]2CN(c3nc(-c4ccncc4)c(-c4ccc5ccccc5c4)c4nncn34)CCN2)cc1. The lowest BCUT2D eigenvalue weighted by atomic mass is 9.98. The number of fused-ring (bicyclic) bond motifs is 2. The first-order valence-corrected chi connectivity index (χ1v) is 13.0. The summed E-state index contributed by atoms with van der Waals surface area (Å²) in [7, 11) is 0. The predicted octanol–water partition coefficient (Wildman–Crippen LogP) is 5.03. The van der Waals surface area contributed by atoms with E-state index in [-0.39, 0.29) is 0 Å². The minimum atomic E-state index is 0.323. The number of pyridine rings is 1. The van der Waals surface area contributed by atoms with Gasteiger partial charge < -0.3 is 10.2 Å². The molecule has 1 N–H and O–H groups in total. The zero-order chi connectivity index (χ0) is 25.3. The fraction of sp³-hybridized carbons (Fsp3) is 0.161. The first-order valence-electron chi connectivity index (χ1n) is 13.0. The minimum Gasteiger partial charge on any atom is -0.339 e. The second-order valence-corrected chi connectivity index (χ2v) is 9.74. The highest BCUT2D eigenvalue weighted by atomic mass is 15.4. The molecule has 38 heavy (non-hydrogen) atoms. The Balaban J connectivity index is 1.36. The number of benzene rings is 3. The van der Waals surface area contributed by atoms with Crippen molar-refractivity contribution < 1.29 is 0 Å². The molecule has 1 aliphatic rings. The van der Waals surface area contributed by atoms with E-state index in [1.165, 1.54) is 16.3 Å². The molecule has 0 bridgehead atoms. The van der Waals surface area contributed by atoms with E-state index in [0.717, 1.165) is 60.0 Å². The van der Waals surface area contributed by atoms with E-state index in [4.69, 9.17) is 4.98 Å². The molecule has 0 unspecified atom stereocenters. The van der Waals surface area contributed by atoms with Crippen LogP contribution in [0.25, 0.3) is 38.8 Å². The van der Waals surface area contributed by atoms with E-state index in [2.05, 4.69) is 98.2 Å². The van der Waals surface area contributed by atoms with Crippen molar-refractivity contribution in [1.82, 2.24) is 29.9 Å². The van der Waals surface area contributed by atoms with Gasteiger partial charge in [-0.25, -0.2) is 4.98 Å². The highest BCUT2D eigenvalue weighted by Gasteiger charge is 2.26. The van der Waals surface area contributed by atoms with Gasteiger partial charge in [0.1, 0.15) is 6.33 Å².